The van der Waals surface area contributed by atoms with Gasteiger partial charge in [0.05, 0.1) is 0 Å². The van der Waals surface area contributed by atoms with Gasteiger partial charge in [0.2, 0.25) is 0 Å². The number of fused-ring (bicyclic) bond motifs is 1. The van der Waals surface area contributed by atoms with Gasteiger partial charge in [-0.1, -0.05) is 11.6 Å². The van der Waals surface area contributed by atoms with Crippen molar-refractivity contribution in [2.24, 2.45) is 7.05 Å². The van der Waals surface area contributed by atoms with Crippen LogP contribution in [0.5, 0.6) is 0 Å². The van der Waals surface area contributed by atoms with E-state index >= 15 is 0 Å². The Hall–Kier alpha value is -0.890. The average molecular weight is 191 g/mol. The van der Waals surface area contributed by atoms with Gasteiger partial charge in [0.1, 0.15) is 0 Å². The highest BCUT2D eigenvalue weighted by atomic mass is 32.1. The van der Waals surface area contributed by atoms with Crippen LogP contribution in [0.25, 0.3) is 10.9 Å². The third-order valence-corrected chi connectivity index (χ3v) is 2.74. The van der Waals surface area contributed by atoms with Crippen molar-refractivity contribution in [1.82, 2.24) is 4.57 Å². The first-order chi connectivity index (χ1) is 6.22. The summed E-state index contributed by atoms with van der Waals surface area (Å²) in [4.78, 5) is 0. The molecule has 68 valence electrons. The third kappa shape index (κ3) is 1.35. The van der Waals surface area contributed by atoms with E-state index in [4.69, 9.17) is 0 Å². The van der Waals surface area contributed by atoms with Crippen molar-refractivity contribution < 1.29 is 0 Å². The van der Waals surface area contributed by atoms with E-state index in [9.17, 15) is 0 Å². The Balaban J connectivity index is 2.81. The second kappa shape index (κ2) is 3.11. The van der Waals surface area contributed by atoms with Gasteiger partial charge in [-0.15, -0.1) is 0 Å². The summed E-state index contributed by atoms with van der Waals surface area (Å²) in [6.45, 7) is 2.12. The quantitative estimate of drug-likeness (QED) is 0.661. The smallest absolute Gasteiger partial charge is 0.0481 e. The number of nitrogens with zero attached hydrogens (tertiary/aromatic N) is 1. The lowest BCUT2D eigenvalue weighted by Gasteiger charge is -1.97. The minimum Gasteiger partial charge on any atom is -0.350 e. The van der Waals surface area contributed by atoms with E-state index in [0.29, 0.717) is 0 Å². The minimum atomic E-state index is 0.806. The molecule has 0 fully saturated rings. The summed E-state index contributed by atoms with van der Waals surface area (Å²) in [5.41, 5.74) is 3.90. The first-order valence-electron chi connectivity index (χ1n) is 4.38. The Morgan fingerprint density at radius 1 is 1.38 bits per heavy atom. The number of hydrogen-bond donors (Lipinski definition) is 1. The van der Waals surface area contributed by atoms with E-state index in [2.05, 4.69) is 55.6 Å². The van der Waals surface area contributed by atoms with Crippen molar-refractivity contribution in [1.29, 1.82) is 0 Å². The number of rotatable bonds is 1. The van der Waals surface area contributed by atoms with Crippen molar-refractivity contribution in [3.63, 3.8) is 0 Å². The molecular weight excluding hydrogens is 178 g/mol. The molecule has 1 heterocycles. The second-order valence-electron chi connectivity index (χ2n) is 3.44. The van der Waals surface area contributed by atoms with E-state index in [1.54, 1.807) is 0 Å². The predicted molar refractivity (Wildman–Crippen MR) is 60.3 cm³/mol. The van der Waals surface area contributed by atoms with Gasteiger partial charge in [0.25, 0.3) is 0 Å². The summed E-state index contributed by atoms with van der Waals surface area (Å²) in [5.74, 6) is 0.806. The first-order valence-corrected chi connectivity index (χ1v) is 5.01. The normalized spacial score (nSPS) is 11.0. The molecule has 0 spiro atoms. The molecule has 0 aliphatic rings. The highest BCUT2D eigenvalue weighted by Crippen LogP contribution is 2.22. The number of aryl methyl sites for hydroxylation is 2. The van der Waals surface area contributed by atoms with Crippen LogP contribution >= 0.6 is 12.6 Å². The fourth-order valence-corrected chi connectivity index (χ4v) is 1.97. The van der Waals surface area contributed by atoms with Crippen LogP contribution in [0.4, 0.5) is 0 Å². The van der Waals surface area contributed by atoms with Gasteiger partial charge in [0.15, 0.2) is 0 Å². The Morgan fingerprint density at radius 3 is 2.85 bits per heavy atom. The summed E-state index contributed by atoms with van der Waals surface area (Å²) in [6, 6.07) is 6.53. The van der Waals surface area contributed by atoms with Gasteiger partial charge in [-0.2, -0.15) is 12.6 Å². The summed E-state index contributed by atoms with van der Waals surface area (Å²) >= 11 is 4.32. The van der Waals surface area contributed by atoms with Crippen LogP contribution in [0.2, 0.25) is 0 Å². The number of aromatic nitrogens is 1. The molecule has 1 aromatic carbocycles. The molecule has 2 heteroatoms. The number of thiol groups is 1. The van der Waals surface area contributed by atoms with Crippen LogP contribution < -0.4 is 0 Å². The maximum Gasteiger partial charge on any atom is 0.0481 e. The van der Waals surface area contributed by atoms with Crippen LogP contribution in [0, 0.1) is 6.92 Å². The molecule has 0 unspecified atom stereocenters. The van der Waals surface area contributed by atoms with Crippen LogP contribution in [0.1, 0.15) is 11.1 Å². The minimum absolute atomic E-state index is 0.806. The first kappa shape index (κ1) is 8.70. The Morgan fingerprint density at radius 2 is 2.15 bits per heavy atom. The summed E-state index contributed by atoms with van der Waals surface area (Å²) in [6.07, 6.45) is 2.15. The molecule has 1 aromatic heterocycles. The summed E-state index contributed by atoms with van der Waals surface area (Å²) in [5, 5.41) is 1.33. The van der Waals surface area contributed by atoms with Crippen molar-refractivity contribution in [2.45, 2.75) is 12.7 Å². The van der Waals surface area contributed by atoms with Crippen LogP contribution in [-0.2, 0) is 12.8 Å². The summed E-state index contributed by atoms with van der Waals surface area (Å²) in [7, 11) is 2.07. The highest BCUT2D eigenvalue weighted by molar-refractivity contribution is 7.79. The fourth-order valence-electron chi connectivity index (χ4n) is 1.71. The van der Waals surface area contributed by atoms with Crippen molar-refractivity contribution in [2.75, 3.05) is 0 Å². The molecule has 0 aliphatic heterocycles. The SMILES string of the molecule is Cc1ccc2c(c1)c(CS)cn2C. The second-order valence-corrected chi connectivity index (χ2v) is 3.76. The lowest BCUT2D eigenvalue weighted by Crippen LogP contribution is -1.82. The van der Waals surface area contributed by atoms with Crippen LogP contribution in [0.15, 0.2) is 24.4 Å². The van der Waals surface area contributed by atoms with E-state index in [-0.39, 0.29) is 0 Å². The number of hydrogen-bond acceptors (Lipinski definition) is 1. The largest absolute Gasteiger partial charge is 0.350 e. The average Bonchev–Trinajstić information content (AvgIpc) is 2.42. The van der Waals surface area contributed by atoms with Gasteiger partial charge in [-0.3, -0.25) is 0 Å². The van der Waals surface area contributed by atoms with E-state index < -0.39 is 0 Å². The van der Waals surface area contributed by atoms with Gasteiger partial charge < -0.3 is 4.57 Å². The molecule has 0 amide bonds. The van der Waals surface area contributed by atoms with E-state index in [1.165, 1.54) is 22.0 Å². The zero-order chi connectivity index (χ0) is 9.42. The Kier molecular flexibility index (Phi) is 2.08. The monoisotopic (exact) mass is 191 g/mol. The Bertz CT molecular complexity index is 443. The molecule has 0 saturated carbocycles. The van der Waals surface area contributed by atoms with Gasteiger partial charge in [0, 0.05) is 29.9 Å². The molecule has 2 aromatic rings. The molecule has 0 radical (unpaired) electrons. The van der Waals surface area contributed by atoms with Crippen LogP contribution in [0.3, 0.4) is 0 Å². The lowest BCUT2D eigenvalue weighted by atomic mass is 10.1. The molecule has 13 heavy (non-hydrogen) atoms. The molecule has 0 bridgehead atoms. The zero-order valence-electron chi connectivity index (χ0n) is 7.91. The van der Waals surface area contributed by atoms with Crippen LogP contribution in [-0.4, -0.2) is 4.57 Å². The maximum atomic E-state index is 4.32. The van der Waals surface area contributed by atoms with E-state index in [0.717, 1.165) is 5.75 Å². The number of benzene rings is 1. The Labute approximate surface area is 83.8 Å². The van der Waals surface area contributed by atoms with Crippen molar-refractivity contribution >= 4 is 23.5 Å². The zero-order valence-corrected chi connectivity index (χ0v) is 8.81. The molecule has 2 rings (SSSR count). The standard InChI is InChI=1S/C11H13NS/c1-8-3-4-11-10(5-8)9(7-13)6-12(11)2/h3-6,13H,7H2,1-2H3. The molecule has 0 atom stereocenters. The van der Waals surface area contributed by atoms with Gasteiger partial charge in [-0.25, -0.2) is 0 Å². The topological polar surface area (TPSA) is 4.93 Å². The van der Waals surface area contributed by atoms with Crippen molar-refractivity contribution in [3.8, 4) is 0 Å². The van der Waals surface area contributed by atoms with Gasteiger partial charge in [-0.05, 0) is 24.6 Å². The molecule has 0 N–H and O–H groups in total. The fraction of sp³-hybridized carbons (Fsp3) is 0.273. The lowest BCUT2D eigenvalue weighted by molar-refractivity contribution is 0.963. The highest BCUT2D eigenvalue weighted by Gasteiger charge is 2.04. The van der Waals surface area contributed by atoms with Crippen molar-refractivity contribution in [3.05, 3.63) is 35.5 Å². The maximum absolute atomic E-state index is 4.32. The molecule has 0 aliphatic carbocycles. The molecular formula is C11H13NS. The van der Waals surface area contributed by atoms with Gasteiger partial charge >= 0.3 is 0 Å². The van der Waals surface area contributed by atoms with E-state index in [1.807, 2.05) is 0 Å². The summed E-state index contributed by atoms with van der Waals surface area (Å²) < 4.78 is 2.15. The predicted octanol–water partition coefficient (Wildman–Crippen LogP) is 2.92. The molecule has 1 nitrogen and oxygen atoms in total. The third-order valence-electron chi connectivity index (χ3n) is 2.40. The molecule has 0 saturated heterocycles.